The van der Waals surface area contributed by atoms with Gasteiger partial charge in [-0.15, -0.1) is 0 Å². The maximum atomic E-state index is 12.3. The molecule has 0 saturated heterocycles. The van der Waals surface area contributed by atoms with Gasteiger partial charge in [0.25, 0.3) is 5.91 Å². The van der Waals surface area contributed by atoms with Crippen LogP contribution in [0.15, 0.2) is 36.5 Å². The number of nitrogens with zero attached hydrogens (tertiary/aromatic N) is 1. The molecule has 0 atom stereocenters. The number of carbonyl (C=O) groups is 1. The smallest absolute Gasteiger partial charge is 0.272 e. The van der Waals surface area contributed by atoms with Crippen molar-refractivity contribution < 1.29 is 9.53 Å². The summed E-state index contributed by atoms with van der Waals surface area (Å²) in [5, 5.41) is 2.86. The van der Waals surface area contributed by atoms with Gasteiger partial charge in [-0.25, -0.2) is 0 Å². The lowest BCUT2D eigenvalue weighted by molar-refractivity contribution is 0.101. The number of nitrogens with two attached hydrogens (primary N) is 1. The van der Waals surface area contributed by atoms with E-state index in [2.05, 4.69) is 5.32 Å². The van der Waals surface area contributed by atoms with E-state index in [9.17, 15) is 4.79 Å². The molecule has 2 aromatic rings. The average Bonchev–Trinajstić information content (AvgIpc) is 2.82. The van der Waals surface area contributed by atoms with Crippen LogP contribution in [0.3, 0.4) is 0 Å². The molecule has 1 aromatic carbocycles. The van der Waals surface area contributed by atoms with Crippen molar-refractivity contribution >= 4 is 17.3 Å². The van der Waals surface area contributed by atoms with Gasteiger partial charge in [0.05, 0.1) is 18.0 Å². The SMILES string of the molecule is CCOc1ccccc1NC(=O)c1cc(N)cn1CC. The van der Waals surface area contributed by atoms with Crippen LogP contribution in [0.4, 0.5) is 11.4 Å². The first-order chi connectivity index (χ1) is 9.65. The molecule has 0 aliphatic heterocycles. The molecule has 1 heterocycles. The molecule has 1 amide bonds. The van der Waals surface area contributed by atoms with E-state index in [1.165, 1.54) is 0 Å². The Balaban J connectivity index is 2.23. The van der Waals surface area contributed by atoms with Crippen molar-refractivity contribution in [3.63, 3.8) is 0 Å². The van der Waals surface area contributed by atoms with Crippen LogP contribution in [0.25, 0.3) is 0 Å². The van der Waals surface area contributed by atoms with Gasteiger partial charge < -0.3 is 20.4 Å². The quantitative estimate of drug-likeness (QED) is 0.880. The van der Waals surface area contributed by atoms with E-state index in [0.29, 0.717) is 36.0 Å². The molecule has 0 fully saturated rings. The summed E-state index contributed by atoms with van der Waals surface area (Å²) in [4.78, 5) is 12.3. The second-order valence-electron chi connectivity index (χ2n) is 4.33. The standard InChI is InChI=1S/C15H19N3O2/c1-3-18-10-11(16)9-13(18)15(19)17-12-7-5-6-8-14(12)20-4-2/h5-10H,3-4,16H2,1-2H3,(H,17,19). The third-order valence-corrected chi connectivity index (χ3v) is 2.93. The third-order valence-electron chi connectivity index (χ3n) is 2.93. The summed E-state index contributed by atoms with van der Waals surface area (Å²) in [7, 11) is 0. The number of para-hydroxylation sites is 2. The molecule has 0 aliphatic carbocycles. The molecule has 1 aromatic heterocycles. The van der Waals surface area contributed by atoms with Crippen LogP contribution in [0.5, 0.6) is 5.75 Å². The topological polar surface area (TPSA) is 69.3 Å². The van der Waals surface area contributed by atoms with Gasteiger partial charge in [0, 0.05) is 12.7 Å². The zero-order chi connectivity index (χ0) is 14.5. The van der Waals surface area contributed by atoms with Gasteiger partial charge in [-0.3, -0.25) is 4.79 Å². The molecule has 0 saturated carbocycles. The molecule has 0 aliphatic rings. The maximum Gasteiger partial charge on any atom is 0.272 e. The second kappa shape index (κ2) is 6.14. The molecule has 0 radical (unpaired) electrons. The molecule has 106 valence electrons. The van der Waals surface area contributed by atoms with E-state index < -0.39 is 0 Å². The van der Waals surface area contributed by atoms with Gasteiger partial charge in [-0.2, -0.15) is 0 Å². The number of nitrogens with one attached hydrogen (secondary N) is 1. The molecule has 0 unspecified atom stereocenters. The minimum Gasteiger partial charge on any atom is -0.492 e. The van der Waals surface area contributed by atoms with Crippen molar-refractivity contribution in [3.05, 3.63) is 42.2 Å². The van der Waals surface area contributed by atoms with Crippen molar-refractivity contribution in [2.75, 3.05) is 17.7 Å². The largest absolute Gasteiger partial charge is 0.492 e. The van der Waals surface area contributed by atoms with E-state index in [-0.39, 0.29) is 5.91 Å². The maximum absolute atomic E-state index is 12.3. The molecule has 20 heavy (non-hydrogen) atoms. The summed E-state index contributed by atoms with van der Waals surface area (Å²) in [6.45, 7) is 5.10. The summed E-state index contributed by atoms with van der Waals surface area (Å²) in [6.07, 6.45) is 1.75. The number of nitrogen functional groups attached to an aromatic ring is 1. The van der Waals surface area contributed by atoms with Crippen LogP contribution in [0, 0.1) is 0 Å². The second-order valence-corrected chi connectivity index (χ2v) is 4.33. The molecule has 0 bridgehead atoms. The van der Waals surface area contributed by atoms with E-state index >= 15 is 0 Å². The van der Waals surface area contributed by atoms with Crippen LogP contribution >= 0.6 is 0 Å². The third kappa shape index (κ3) is 2.93. The van der Waals surface area contributed by atoms with Crippen molar-refractivity contribution in [1.82, 2.24) is 4.57 Å². The summed E-state index contributed by atoms with van der Waals surface area (Å²) in [6, 6.07) is 9.03. The van der Waals surface area contributed by atoms with Gasteiger partial charge in [0.1, 0.15) is 11.4 Å². The van der Waals surface area contributed by atoms with Crippen molar-refractivity contribution in [3.8, 4) is 5.75 Å². The van der Waals surface area contributed by atoms with Gasteiger partial charge in [-0.05, 0) is 32.0 Å². The molecule has 5 heteroatoms. The average molecular weight is 273 g/mol. The molecule has 0 spiro atoms. The van der Waals surface area contributed by atoms with Gasteiger partial charge in [0.15, 0.2) is 0 Å². The van der Waals surface area contributed by atoms with Crippen LogP contribution in [-0.4, -0.2) is 17.1 Å². The first-order valence-electron chi connectivity index (χ1n) is 6.64. The lowest BCUT2D eigenvalue weighted by Gasteiger charge is -2.12. The Morgan fingerprint density at radius 1 is 1.35 bits per heavy atom. The highest BCUT2D eigenvalue weighted by molar-refractivity contribution is 6.04. The van der Waals surface area contributed by atoms with Gasteiger partial charge in [0.2, 0.25) is 0 Å². The Morgan fingerprint density at radius 2 is 2.10 bits per heavy atom. The fourth-order valence-electron chi connectivity index (χ4n) is 2.02. The van der Waals surface area contributed by atoms with Crippen LogP contribution in [-0.2, 0) is 6.54 Å². The Hall–Kier alpha value is -2.43. The molecule has 3 N–H and O–H groups in total. The molecule has 2 rings (SSSR count). The number of anilines is 2. The zero-order valence-corrected chi connectivity index (χ0v) is 11.7. The number of aromatic nitrogens is 1. The zero-order valence-electron chi connectivity index (χ0n) is 11.7. The van der Waals surface area contributed by atoms with Crippen LogP contribution < -0.4 is 15.8 Å². The highest BCUT2D eigenvalue weighted by atomic mass is 16.5. The minimum absolute atomic E-state index is 0.198. The molecule has 5 nitrogen and oxygen atoms in total. The Kier molecular flexibility index (Phi) is 4.30. The highest BCUT2D eigenvalue weighted by Gasteiger charge is 2.14. The number of hydrogen-bond donors (Lipinski definition) is 2. The van der Waals surface area contributed by atoms with Crippen LogP contribution in [0.1, 0.15) is 24.3 Å². The van der Waals surface area contributed by atoms with E-state index in [1.807, 2.05) is 42.7 Å². The summed E-state index contributed by atoms with van der Waals surface area (Å²) in [5.74, 6) is 0.460. The Morgan fingerprint density at radius 3 is 2.80 bits per heavy atom. The van der Waals surface area contributed by atoms with Crippen LogP contribution in [0.2, 0.25) is 0 Å². The number of amides is 1. The number of ether oxygens (including phenoxy) is 1. The normalized spacial score (nSPS) is 10.3. The monoisotopic (exact) mass is 273 g/mol. The van der Waals surface area contributed by atoms with Gasteiger partial charge >= 0.3 is 0 Å². The molecular weight excluding hydrogens is 254 g/mol. The van der Waals surface area contributed by atoms with E-state index in [4.69, 9.17) is 10.5 Å². The van der Waals surface area contributed by atoms with Crippen molar-refractivity contribution in [2.45, 2.75) is 20.4 Å². The fourth-order valence-corrected chi connectivity index (χ4v) is 2.02. The number of carbonyl (C=O) groups excluding carboxylic acids is 1. The minimum atomic E-state index is -0.198. The fraction of sp³-hybridized carbons (Fsp3) is 0.267. The lowest BCUT2D eigenvalue weighted by Crippen LogP contribution is -2.17. The van der Waals surface area contributed by atoms with E-state index in [1.54, 1.807) is 12.3 Å². The predicted molar refractivity (Wildman–Crippen MR) is 80.1 cm³/mol. The Labute approximate surface area is 118 Å². The first kappa shape index (κ1) is 14.0. The number of rotatable bonds is 5. The summed E-state index contributed by atoms with van der Waals surface area (Å²) in [5.41, 5.74) is 7.51. The number of benzene rings is 1. The summed E-state index contributed by atoms with van der Waals surface area (Å²) >= 11 is 0. The number of aryl methyl sites for hydroxylation is 1. The van der Waals surface area contributed by atoms with Gasteiger partial charge in [-0.1, -0.05) is 12.1 Å². The summed E-state index contributed by atoms with van der Waals surface area (Å²) < 4.78 is 7.30. The lowest BCUT2D eigenvalue weighted by atomic mass is 10.2. The highest BCUT2D eigenvalue weighted by Crippen LogP contribution is 2.24. The number of hydrogen-bond acceptors (Lipinski definition) is 3. The first-order valence-corrected chi connectivity index (χ1v) is 6.64. The predicted octanol–water partition coefficient (Wildman–Crippen LogP) is 2.74. The van der Waals surface area contributed by atoms with E-state index in [0.717, 1.165) is 0 Å². The van der Waals surface area contributed by atoms with Crippen molar-refractivity contribution in [1.29, 1.82) is 0 Å². The van der Waals surface area contributed by atoms with Crippen molar-refractivity contribution in [2.24, 2.45) is 0 Å². The Bertz CT molecular complexity index is 605. The molecular formula is C15H19N3O2.